The Kier molecular flexibility index (Phi) is 12.5. The molecule has 0 spiro atoms. The molecule has 2 rings (SSSR count). The Morgan fingerprint density at radius 1 is 1.36 bits per heavy atom. The Hall–Kier alpha value is 0.270. The van der Waals surface area contributed by atoms with Crippen molar-refractivity contribution in [3.63, 3.8) is 0 Å². The van der Waals surface area contributed by atoms with Crippen molar-refractivity contribution in [2.24, 2.45) is 16.8 Å². The summed E-state index contributed by atoms with van der Waals surface area (Å²) in [5.74, 6) is 3.65. The van der Waals surface area contributed by atoms with Crippen LogP contribution in [-0.4, -0.2) is 75.0 Å². The molecule has 0 aromatic rings. The summed E-state index contributed by atoms with van der Waals surface area (Å²) in [4.78, 5) is 6.87. The van der Waals surface area contributed by atoms with Crippen LogP contribution in [0.1, 0.15) is 33.1 Å². The van der Waals surface area contributed by atoms with Crippen LogP contribution in [0.4, 0.5) is 0 Å². The van der Waals surface area contributed by atoms with Gasteiger partial charge >= 0.3 is 0 Å². The van der Waals surface area contributed by atoms with E-state index < -0.39 is 0 Å². The maximum atomic E-state index is 5.83. The molecule has 2 aliphatic heterocycles. The minimum Gasteiger partial charge on any atom is -0.381 e. The van der Waals surface area contributed by atoms with Crippen molar-refractivity contribution in [1.82, 2.24) is 10.2 Å². The molecule has 2 fully saturated rings. The van der Waals surface area contributed by atoms with Crippen LogP contribution < -0.4 is 5.32 Å². The van der Waals surface area contributed by atoms with E-state index in [-0.39, 0.29) is 24.0 Å². The number of ether oxygens (including phenoxy) is 2. The van der Waals surface area contributed by atoms with Crippen molar-refractivity contribution in [2.75, 3.05) is 58.9 Å². The molecule has 2 aliphatic rings. The molecule has 0 bridgehead atoms. The van der Waals surface area contributed by atoms with Crippen molar-refractivity contribution >= 4 is 41.7 Å². The summed E-state index contributed by atoms with van der Waals surface area (Å²) in [6, 6.07) is 0. The highest BCUT2D eigenvalue weighted by molar-refractivity contribution is 14.0. The second kappa shape index (κ2) is 13.4. The quantitative estimate of drug-likeness (QED) is 0.260. The van der Waals surface area contributed by atoms with Gasteiger partial charge in [-0.15, -0.1) is 24.0 Å². The van der Waals surface area contributed by atoms with E-state index in [2.05, 4.69) is 40.8 Å². The molecule has 5 nitrogen and oxygen atoms in total. The fourth-order valence-electron chi connectivity index (χ4n) is 3.14. The topological polar surface area (TPSA) is 46.1 Å². The maximum Gasteiger partial charge on any atom is 0.193 e. The molecule has 0 aliphatic carbocycles. The van der Waals surface area contributed by atoms with E-state index >= 15 is 0 Å². The zero-order valence-corrected chi connectivity index (χ0v) is 19.2. The number of thioether (sulfide) groups is 1. The first-order chi connectivity index (χ1) is 11.7. The van der Waals surface area contributed by atoms with E-state index in [1.54, 1.807) is 0 Å². The number of hydrogen-bond acceptors (Lipinski definition) is 4. The van der Waals surface area contributed by atoms with Gasteiger partial charge in [0.1, 0.15) is 0 Å². The molecule has 1 N–H and O–H groups in total. The molecular formula is C18H36IN3O2S. The average Bonchev–Trinajstić information content (AvgIpc) is 2.62. The van der Waals surface area contributed by atoms with Gasteiger partial charge in [-0.05, 0) is 31.1 Å². The zero-order chi connectivity index (χ0) is 17.2. The van der Waals surface area contributed by atoms with E-state index in [0.29, 0.717) is 11.2 Å². The molecule has 1 unspecified atom stereocenters. The number of halogens is 1. The first kappa shape index (κ1) is 23.3. The van der Waals surface area contributed by atoms with Gasteiger partial charge in [-0.25, -0.2) is 0 Å². The lowest BCUT2D eigenvalue weighted by molar-refractivity contribution is 0.0203. The summed E-state index contributed by atoms with van der Waals surface area (Å²) in [5.41, 5.74) is 0. The third kappa shape index (κ3) is 8.67. The summed E-state index contributed by atoms with van der Waals surface area (Å²) in [6.07, 6.45) is 3.32. The monoisotopic (exact) mass is 485 g/mol. The van der Waals surface area contributed by atoms with Crippen LogP contribution in [0.3, 0.4) is 0 Å². The van der Waals surface area contributed by atoms with E-state index in [0.717, 1.165) is 77.2 Å². The van der Waals surface area contributed by atoms with Gasteiger partial charge in [0.15, 0.2) is 5.96 Å². The molecule has 1 atom stereocenters. The third-order valence-electron chi connectivity index (χ3n) is 4.79. The molecule has 25 heavy (non-hydrogen) atoms. The number of aliphatic imine (C=N–C) groups is 1. The second-order valence-electron chi connectivity index (χ2n) is 7.06. The molecule has 0 radical (unpaired) electrons. The molecule has 7 heteroatoms. The lowest BCUT2D eigenvalue weighted by Gasteiger charge is -2.36. The summed E-state index contributed by atoms with van der Waals surface area (Å²) in [5, 5.41) is 4.21. The Morgan fingerprint density at radius 3 is 2.80 bits per heavy atom. The molecule has 0 aromatic heterocycles. The van der Waals surface area contributed by atoms with Gasteiger partial charge in [0.05, 0.1) is 0 Å². The highest BCUT2D eigenvalue weighted by Gasteiger charge is 2.24. The van der Waals surface area contributed by atoms with Gasteiger partial charge in [-0.3, -0.25) is 4.99 Å². The fourth-order valence-corrected chi connectivity index (χ4v) is 4.44. The fraction of sp³-hybridized carbons (Fsp3) is 0.944. The number of guanidine groups is 1. The lowest BCUT2D eigenvalue weighted by Crippen LogP contribution is -2.49. The maximum absolute atomic E-state index is 5.83. The molecule has 148 valence electrons. The molecule has 0 amide bonds. The largest absolute Gasteiger partial charge is 0.381 e. The van der Waals surface area contributed by atoms with Gasteiger partial charge in [0.25, 0.3) is 0 Å². The van der Waals surface area contributed by atoms with Crippen molar-refractivity contribution in [1.29, 1.82) is 0 Å². The first-order valence-electron chi connectivity index (χ1n) is 9.43. The van der Waals surface area contributed by atoms with Crippen LogP contribution in [0.2, 0.25) is 0 Å². The number of rotatable bonds is 7. The van der Waals surface area contributed by atoms with Gasteiger partial charge < -0.3 is 19.7 Å². The Labute approximate surface area is 175 Å². The van der Waals surface area contributed by atoms with Gasteiger partial charge in [-0.2, -0.15) is 11.8 Å². The summed E-state index contributed by atoms with van der Waals surface area (Å²) < 4.78 is 11.2. The summed E-state index contributed by atoms with van der Waals surface area (Å²) >= 11 is 2.10. The van der Waals surface area contributed by atoms with Gasteiger partial charge in [0.2, 0.25) is 0 Å². The molecule has 0 saturated carbocycles. The van der Waals surface area contributed by atoms with E-state index in [4.69, 9.17) is 9.47 Å². The normalized spacial score (nSPS) is 22.8. The third-order valence-corrected chi connectivity index (χ3v) is 6.33. The minimum atomic E-state index is 0. The van der Waals surface area contributed by atoms with Crippen molar-refractivity contribution < 1.29 is 9.47 Å². The molecular weight excluding hydrogens is 449 g/mol. The van der Waals surface area contributed by atoms with Crippen LogP contribution >= 0.6 is 35.7 Å². The number of hydrogen-bond donors (Lipinski definition) is 1. The standard InChI is InChI=1S/C18H35N3O2S.HI/c1-15(2)17-13-21(8-12-24-17)18(19-3)20-7-4-9-23-14-16-5-10-22-11-6-16;/h15-17H,4-14H2,1-3H3,(H,19,20);1H. The molecule has 2 saturated heterocycles. The number of nitrogens with zero attached hydrogens (tertiary/aromatic N) is 2. The summed E-state index contributed by atoms with van der Waals surface area (Å²) in [7, 11) is 1.89. The predicted molar refractivity (Wildman–Crippen MR) is 118 cm³/mol. The van der Waals surface area contributed by atoms with Crippen LogP contribution in [0, 0.1) is 11.8 Å². The van der Waals surface area contributed by atoms with Crippen LogP contribution in [0.15, 0.2) is 4.99 Å². The smallest absolute Gasteiger partial charge is 0.193 e. The SMILES string of the molecule is CN=C(NCCCOCC1CCOCC1)N1CCSC(C(C)C)C1.I. The lowest BCUT2D eigenvalue weighted by atomic mass is 10.0. The van der Waals surface area contributed by atoms with E-state index in [1.807, 2.05) is 7.05 Å². The van der Waals surface area contributed by atoms with Crippen LogP contribution in [0.5, 0.6) is 0 Å². The second-order valence-corrected chi connectivity index (χ2v) is 8.40. The molecule has 0 aromatic carbocycles. The highest BCUT2D eigenvalue weighted by Crippen LogP contribution is 2.24. The summed E-state index contributed by atoms with van der Waals surface area (Å²) in [6.45, 7) is 11.3. The average molecular weight is 485 g/mol. The minimum absolute atomic E-state index is 0. The van der Waals surface area contributed by atoms with E-state index in [1.165, 1.54) is 5.75 Å². The van der Waals surface area contributed by atoms with Crippen molar-refractivity contribution in [2.45, 2.75) is 38.4 Å². The van der Waals surface area contributed by atoms with Gasteiger partial charge in [-0.1, -0.05) is 13.8 Å². The molecule has 2 heterocycles. The highest BCUT2D eigenvalue weighted by atomic mass is 127. The Balaban J connectivity index is 0.00000312. The van der Waals surface area contributed by atoms with Crippen molar-refractivity contribution in [3.05, 3.63) is 0 Å². The van der Waals surface area contributed by atoms with Crippen LogP contribution in [-0.2, 0) is 9.47 Å². The first-order valence-corrected chi connectivity index (χ1v) is 10.5. The van der Waals surface area contributed by atoms with Gasteiger partial charge in [0, 0.05) is 64.1 Å². The Morgan fingerprint density at radius 2 is 2.12 bits per heavy atom. The predicted octanol–water partition coefficient (Wildman–Crippen LogP) is 3.09. The van der Waals surface area contributed by atoms with Crippen molar-refractivity contribution in [3.8, 4) is 0 Å². The number of nitrogens with one attached hydrogen (secondary N) is 1. The zero-order valence-electron chi connectivity index (χ0n) is 16.0. The Bertz CT molecular complexity index is 379. The van der Waals surface area contributed by atoms with Crippen LogP contribution in [0.25, 0.3) is 0 Å². The van der Waals surface area contributed by atoms with E-state index in [9.17, 15) is 0 Å².